The second kappa shape index (κ2) is 8.53. The zero-order valence-corrected chi connectivity index (χ0v) is 19.7. The molecule has 3 aromatic heterocycles. The van der Waals surface area contributed by atoms with Crippen molar-refractivity contribution in [3.05, 3.63) is 30.7 Å². The van der Waals surface area contributed by atoms with Gasteiger partial charge in [0.25, 0.3) is 0 Å². The van der Waals surface area contributed by atoms with Crippen LogP contribution in [0.3, 0.4) is 0 Å². The molecule has 3 aromatic rings. The number of nitrogens with one attached hydrogen (secondary N) is 1. The van der Waals surface area contributed by atoms with E-state index in [1.165, 1.54) is 0 Å². The maximum absolute atomic E-state index is 12.7. The van der Waals surface area contributed by atoms with Crippen molar-refractivity contribution in [2.24, 2.45) is 5.92 Å². The first-order chi connectivity index (χ1) is 15.9. The first-order valence-corrected chi connectivity index (χ1v) is 11.6. The van der Waals surface area contributed by atoms with Gasteiger partial charge in [-0.15, -0.1) is 0 Å². The molecule has 2 saturated heterocycles. The maximum Gasteiger partial charge on any atom is 0.410 e. The Labute approximate surface area is 193 Å². The van der Waals surface area contributed by atoms with Crippen LogP contribution >= 0.6 is 0 Å². The fourth-order valence-corrected chi connectivity index (χ4v) is 4.83. The summed E-state index contributed by atoms with van der Waals surface area (Å²) >= 11 is 0. The predicted octanol–water partition coefficient (Wildman–Crippen LogP) is 3.53. The van der Waals surface area contributed by atoms with Gasteiger partial charge in [-0.25, -0.2) is 19.7 Å². The summed E-state index contributed by atoms with van der Waals surface area (Å²) in [6.07, 6.45) is 5.29. The maximum atomic E-state index is 12.7. The van der Waals surface area contributed by atoms with E-state index in [2.05, 4.69) is 50.8 Å². The Kier molecular flexibility index (Phi) is 5.55. The van der Waals surface area contributed by atoms with E-state index in [-0.39, 0.29) is 18.2 Å². The number of anilines is 2. The zero-order valence-electron chi connectivity index (χ0n) is 19.7. The highest BCUT2D eigenvalue weighted by molar-refractivity contribution is 5.92. The predicted molar refractivity (Wildman–Crippen MR) is 128 cm³/mol. The van der Waals surface area contributed by atoms with Crippen LogP contribution in [0.2, 0.25) is 0 Å². The number of hydrogen-bond donors (Lipinski definition) is 1. The van der Waals surface area contributed by atoms with E-state index in [1.807, 2.05) is 36.2 Å². The molecule has 0 spiro atoms. The lowest BCUT2D eigenvalue weighted by Crippen LogP contribution is -2.56. The Morgan fingerprint density at radius 3 is 2.58 bits per heavy atom. The van der Waals surface area contributed by atoms with Gasteiger partial charge in [0.05, 0.1) is 24.1 Å². The Balaban J connectivity index is 1.38. The number of aromatic nitrogens is 4. The largest absolute Gasteiger partial charge is 0.449 e. The van der Waals surface area contributed by atoms with Gasteiger partial charge in [0.1, 0.15) is 23.6 Å². The molecule has 2 aliphatic heterocycles. The standard InChI is InChI=1S/C24H31N7O2/c1-15(2)13-33-24(32)31-17-6-7-18(31)12-30(11-17)23-19-9-20(28-22(19)26-14-27-23)16-5-8-21(25-10-16)29(3)4/h5,8-10,14-15,17-18H,6-7,11-13H2,1-4H3,(H,26,27,28). The van der Waals surface area contributed by atoms with Crippen LogP contribution in [0.4, 0.5) is 16.4 Å². The summed E-state index contributed by atoms with van der Waals surface area (Å²) in [6.45, 7) is 6.06. The Morgan fingerprint density at radius 2 is 1.94 bits per heavy atom. The molecule has 9 nitrogen and oxygen atoms in total. The van der Waals surface area contributed by atoms with Crippen molar-refractivity contribution in [1.82, 2.24) is 24.8 Å². The molecule has 5 rings (SSSR count). The Morgan fingerprint density at radius 1 is 1.18 bits per heavy atom. The minimum atomic E-state index is -0.179. The highest BCUT2D eigenvalue weighted by Gasteiger charge is 2.44. The second-order valence-electron chi connectivity index (χ2n) is 9.61. The smallest absolute Gasteiger partial charge is 0.410 e. The van der Waals surface area contributed by atoms with Crippen molar-refractivity contribution in [3.8, 4) is 11.3 Å². The molecule has 1 amide bonds. The SMILES string of the molecule is CC(C)COC(=O)N1C2CCC1CN(c1ncnc3[nH]c(-c4ccc(N(C)C)nc4)cc13)C2. The Hall–Kier alpha value is -3.36. The number of hydrogen-bond acceptors (Lipinski definition) is 7. The van der Waals surface area contributed by atoms with Crippen molar-refractivity contribution in [2.75, 3.05) is 43.6 Å². The number of nitrogens with zero attached hydrogens (tertiary/aromatic N) is 6. The summed E-state index contributed by atoms with van der Waals surface area (Å²) in [5, 5.41) is 0.986. The fourth-order valence-electron chi connectivity index (χ4n) is 4.83. The molecule has 9 heteroatoms. The first kappa shape index (κ1) is 21.5. The summed E-state index contributed by atoms with van der Waals surface area (Å²) < 4.78 is 5.54. The molecule has 174 valence electrons. The number of pyridine rings is 1. The monoisotopic (exact) mass is 449 g/mol. The number of rotatable bonds is 5. The highest BCUT2D eigenvalue weighted by atomic mass is 16.6. The van der Waals surface area contributed by atoms with Crippen LogP contribution in [0.25, 0.3) is 22.3 Å². The Bertz CT molecular complexity index is 1130. The van der Waals surface area contributed by atoms with Crippen LogP contribution in [0, 0.1) is 5.92 Å². The molecule has 5 heterocycles. The lowest BCUT2D eigenvalue weighted by molar-refractivity contribution is 0.0704. The van der Waals surface area contributed by atoms with Gasteiger partial charge >= 0.3 is 6.09 Å². The first-order valence-electron chi connectivity index (χ1n) is 11.6. The molecule has 1 N–H and O–H groups in total. The van der Waals surface area contributed by atoms with Gasteiger partial charge in [0.15, 0.2) is 0 Å². The lowest BCUT2D eigenvalue weighted by atomic mass is 10.1. The van der Waals surface area contributed by atoms with Gasteiger partial charge in [0.2, 0.25) is 0 Å². The number of carbonyl (C=O) groups is 1. The summed E-state index contributed by atoms with van der Waals surface area (Å²) in [4.78, 5) is 36.0. The number of H-pyrrole nitrogens is 1. The van der Waals surface area contributed by atoms with Gasteiger partial charge in [-0.05, 0) is 37.0 Å². The van der Waals surface area contributed by atoms with Crippen LogP contribution in [-0.4, -0.2) is 76.8 Å². The van der Waals surface area contributed by atoms with E-state index in [0.29, 0.717) is 12.5 Å². The molecule has 0 aromatic carbocycles. The number of fused-ring (bicyclic) bond motifs is 3. The van der Waals surface area contributed by atoms with Crippen molar-refractivity contribution in [1.29, 1.82) is 0 Å². The minimum absolute atomic E-state index is 0.148. The van der Waals surface area contributed by atoms with Crippen LogP contribution in [0.5, 0.6) is 0 Å². The molecule has 2 atom stereocenters. The van der Waals surface area contributed by atoms with Gasteiger partial charge in [-0.1, -0.05) is 13.8 Å². The van der Waals surface area contributed by atoms with E-state index in [4.69, 9.17) is 4.74 Å². The molecule has 2 bridgehead atoms. The van der Waals surface area contributed by atoms with Gasteiger partial charge in [-0.2, -0.15) is 0 Å². The molecule has 0 radical (unpaired) electrons. The molecule has 2 aliphatic rings. The second-order valence-corrected chi connectivity index (χ2v) is 9.61. The summed E-state index contributed by atoms with van der Waals surface area (Å²) in [5.41, 5.74) is 2.77. The fraction of sp³-hybridized carbons (Fsp3) is 0.500. The molecule has 0 saturated carbocycles. The van der Waals surface area contributed by atoms with Crippen LogP contribution < -0.4 is 9.80 Å². The van der Waals surface area contributed by atoms with E-state index in [9.17, 15) is 4.79 Å². The average molecular weight is 450 g/mol. The summed E-state index contributed by atoms with van der Waals surface area (Å²) in [6, 6.07) is 6.46. The van der Waals surface area contributed by atoms with E-state index in [0.717, 1.165) is 59.9 Å². The summed E-state index contributed by atoms with van der Waals surface area (Å²) in [5.74, 6) is 2.15. The number of piperazine rings is 1. The third-order valence-corrected chi connectivity index (χ3v) is 6.45. The van der Waals surface area contributed by atoms with Crippen molar-refractivity contribution < 1.29 is 9.53 Å². The number of ether oxygens (including phenoxy) is 1. The summed E-state index contributed by atoms with van der Waals surface area (Å²) in [7, 11) is 3.95. The van der Waals surface area contributed by atoms with Crippen LogP contribution in [0.1, 0.15) is 26.7 Å². The quantitative estimate of drug-likeness (QED) is 0.637. The molecule has 2 fully saturated rings. The van der Waals surface area contributed by atoms with Crippen molar-refractivity contribution >= 4 is 28.8 Å². The molecule has 33 heavy (non-hydrogen) atoms. The molecule has 2 unspecified atom stereocenters. The molecular formula is C24H31N7O2. The van der Waals surface area contributed by atoms with Gasteiger partial charge in [-0.3, -0.25) is 4.90 Å². The van der Waals surface area contributed by atoms with E-state index in [1.54, 1.807) is 6.33 Å². The van der Waals surface area contributed by atoms with E-state index >= 15 is 0 Å². The van der Waals surface area contributed by atoms with Crippen molar-refractivity contribution in [3.63, 3.8) is 0 Å². The highest BCUT2D eigenvalue weighted by Crippen LogP contribution is 2.35. The van der Waals surface area contributed by atoms with E-state index < -0.39 is 0 Å². The third kappa shape index (κ3) is 4.07. The molecular weight excluding hydrogens is 418 g/mol. The zero-order chi connectivity index (χ0) is 23.1. The van der Waals surface area contributed by atoms with Crippen LogP contribution in [-0.2, 0) is 4.74 Å². The number of aromatic amines is 1. The minimum Gasteiger partial charge on any atom is -0.449 e. The molecule has 0 aliphatic carbocycles. The third-order valence-electron chi connectivity index (χ3n) is 6.45. The normalized spacial score (nSPS) is 20.0. The lowest BCUT2D eigenvalue weighted by Gasteiger charge is -2.41. The van der Waals surface area contributed by atoms with Crippen molar-refractivity contribution in [2.45, 2.75) is 38.8 Å². The van der Waals surface area contributed by atoms with Gasteiger partial charge in [0, 0.05) is 44.6 Å². The van der Waals surface area contributed by atoms with Crippen LogP contribution in [0.15, 0.2) is 30.7 Å². The topological polar surface area (TPSA) is 90.5 Å². The average Bonchev–Trinajstić information content (AvgIpc) is 3.35. The number of amides is 1. The van der Waals surface area contributed by atoms with Gasteiger partial charge < -0.3 is 19.5 Å². The number of carbonyl (C=O) groups excluding carboxylic acids is 1.